The second-order valence-electron chi connectivity index (χ2n) is 10.5. The van der Waals surface area contributed by atoms with E-state index in [9.17, 15) is 24.0 Å². The van der Waals surface area contributed by atoms with Gasteiger partial charge in [0, 0.05) is 33.5 Å². The SMILES string of the molecule is C=CC(=O)Nc1cc(-c2ccc(OC(=O)C(=C)C)c(OC(=O)C(=C)C)c2)ccc1-c1ccc(OC(=O)C(=C)C)c(OC(=O)C(=C)C)c1. The van der Waals surface area contributed by atoms with Crippen LogP contribution in [0.15, 0.2) is 116 Å². The zero-order valence-corrected chi connectivity index (χ0v) is 26.5. The second-order valence-corrected chi connectivity index (χ2v) is 10.5. The van der Waals surface area contributed by atoms with Crippen molar-refractivity contribution in [2.45, 2.75) is 27.7 Å². The third-order valence-electron chi connectivity index (χ3n) is 6.20. The summed E-state index contributed by atoms with van der Waals surface area (Å²) in [6.07, 6.45) is 1.09. The number of anilines is 1. The third-order valence-corrected chi connectivity index (χ3v) is 6.20. The van der Waals surface area contributed by atoms with Crippen LogP contribution < -0.4 is 24.3 Å². The molecule has 0 spiro atoms. The highest BCUT2D eigenvalue weighted by molar-refractivity contribution is 6.03. The van der Waals surface area contributed by atoms with Crippen LogP contribution in [0.3, 0.4) is 0 Å². The molecular weight excluding hydrogens is 602 g/mol. The third kappa shape index (κ3) is 9.11. The topological polar surface area (TPSA) is 134 Å². The predicted octanol–water partition coefficient (Wildman–Crippen LogP) is 7.07. The maximum absolute atomic E-state index is 12.5. The molecule has 240 valence electrons. The summed E-state index contributed by atoms with van der Waals surface area (Å²) in [6.45, 7) is 23.7. The summed E-state index contributed by atoms with van der Waals surface area (Å²) in [5, 5.41) is 2.77. The Labute approximate surface area is 272 Å². The van der Waals surface area contributed by atoms with Gasteiger partial charge in [-0.2, -0.15) is 0 Å². The number of benzene rings is 3. The molecule has 0 saturated heterocycles. The molecule has 3 rings (SSSR count). The van der Waals surface area contributed by atoms with Crippen molar-refractivity contribution in [3.05, 3.63) is 116 Å². The summed E-state index contributed by atoms with van der Waals surface area (Å²) >= 11 is 0. The van der Waals surface area contributed by atoms with Gasteiger partial charge in [0.15, 0.2) is 23.0 Å². The quantitative estimate of drug-likeness (QED) is 0.126. The molecule has 0 aliphatic rings. The van der Waals surface area contributed by atoms with Crippen LogP contribution >= 0.6 is 0 Å². The van der Waals surface area contributed by atoms with Gasteiger partial charge in [-0.15, -0.1) is 0 Å². The molecule has 0 bridgehead atoms. The highest BCUT2D eigenvalue weighted by Crippen LogP contribution is 2.40. The van der Waals surface area contributed by atoms with Gasteiger partial charge in [-0.3, -0.25) is 4.79 Å². The Hall–Kier alpha value is -6.29. The van der Waals surface area contributed by atoms with Gasteiger partial charge in [-0.25, -0.2) is 19.2 Å². The molecule has 0 aromatic heterocycles. The van der Waals surface area contributed by atoms with Crippen LogP contribution in [0.5, 0.6) is 23.0 Å². The molecule has 0 saturated carbocycles. The number of carbonyl (C=O) groups excluding carboxylic acids is 5. The van der Waals surface area contributed by atoms with Crippen LogP contribution in [-0.2, 0) is 24.0 Å². The van der Waals surface area contributed by atoms with Gasteiger partial charge in [-0.05, 0) is 80.8 Å². The Morgan fingerprint density at radius 2 is 0.894 bits per heavy atom. The van der Waals surface area contributed by atoms with Gasteiger partial charge in [0.1, 0.15) is 0 Å². The lowest BCUT2D eigenvalue weighted by molar-refractivity contribution is -0.132. The highest BCUT2D eigenvalue weighted by Gasteiger charge is 2.20. The van der Waals surface area contributed by atoms with Crippen molar-refractivity contribution in [3.8, 4) is 45.3 Å². The molecule has 0 aliphatic carbocycles. The van der Waals surface area contributed by atoms with Gasteiger partial charge in [-0.1, -0.05) is 57.2 Å². The average molecular weight is 636 g/mol. The highest BCUT2D eigenvalue weighted by atomic mass is 16.6. The molecule has 0 radical (unpaired) electrons. The van der Waals surface area contributed by atoms with E-state index in [1.165, 1.54) is 52.0 Å². The smallest absolute Gasteiger partial charge is 0.338 e. The maximum atomic E-state index is 12.5. The van der Waals surface area contributed by atoms with Crippen molar-refractivity contribution in [2.75, 3.05) is 5.32 Å². The van der Waals surface area contributed by atoms with Crippen molar-refractivity contribution >= 4 is 35.5 Å². The van der Waals surface area contributed by atoms with E-state index in [0.717, 1.165) is 6.08 Å². The van der Waals surface area contributed by atoms with Crippen molar-refractivity contribution in [3.63, 3.8) is 0 Å². The number of hydrogen-bond donors (Lipinski definition) is 1. The van der Waals surface area contributed by atoms with Crippen molar-refractivity contribution in [1.82, 2.24) is 0 Å². The van der Waals surface area contributed by atoms with Gasteiger partial charge in [0.05, 0.1) is 0 Å². The number of esters is 4. The number of ether oxygens (including phenoxy) is 4. The molecule has 1 amide bonds. The molecule has 3 aromatic rings. The zero-order valence-electron chi connectivity index (χ0n) is 26.5. The first-order chi connectivity index (χ1) is 22.1. The van der Waals surface area contributed by atoms with E-state index in [-0.39, 0.29) is 45.3 Å². The Morgan fingerprint density at radius 1 is 0.532 bits per heavy atom. The van der Waals surface area contributed by atoms with Gasteiger partial charge in [0.2, 0.25) is 5.91 Å². The fraction of sp³-hybridized carbons (Fsp3) is 0.108. The lowest BCUT2D eigenvalue weighted by Gasteiger charge is -2.16. The first-order valence-corrected chi connectivity index (χ1v) is 14.0. The first-order valence-electron chi connectivity index (χ1n) is 14.0. The molecule has 1 N–H and O–H groups in total. The molecule has 0 fully saturated rings. The summed E-state index contributed by atoms with van der Waals surface area (Å²) in [5.74, 6) is -3.58. The van der Waals surface area contributed by atoms with Gasteiger partial charge in [0.25, 0.3) is 0 Å². The molecule has 0 heterocycles. The Balaban J connectivity index is 2.17. The largest absolute Gasteiger partial charge is 0.419 e. The van der Waals surface area contributed by atoms with Crippen LogP contribution in [0, 0.1) is 0 Å². The van der Waals surface area contributed by atoms with Gasteiger partial charge >= 0.3 is 23.9 Å². The standard InChI is InChI=1S/C37H33NO9/c1-10-33(39)38-28-17-24(25-12-15-29(44-34(40)20(2)3)31(18-25)46-36(42)22(6)7)11-14-27(28)26-13-16-30(45-35(41)21(4)5)32(19-26)47-37(43)23(8)9/h10-19H,1-2,4,6,8H2,3,5,7,9H3,(H,38,39). The van der Waals surface area contributed by atoms with Crippen LogP contribution in [-0.4, -0.2) is 29.8 Å². The number of hydrogen-bond acceptors (Lipinski definition) is 9. The minimum atomic E-state index is -0.745. The van der Waals surface area contributed by atoms with E-state index in [0.29, 0.717) is 27.9 Å². The first kappa shape index (κ1) is 35.2. The van der Waals surface area contributed by atoms with E-state index in [2.05, 4.69) is 38.2 Å². The van der Waals surface area contributed by atoms with Crippen LogP contribution in [0.25, 0.3) is 22.3 Å². The second kappa shape index (κ2) is 15.1. The van der Waals surface area contributed by atoms with Crippen molar-refractivity contribution in [2.24, 2.45) is 0 Å². The lowest BCUT2D eigenvalue weighted by atomic mass is 9.97. The number of carbonyl (C=O) groups is 5. The zero-order chi connectivity index (χ0) is 35.0. The Kier molecular flexibility index (Phi) is 11.3. The summed E-state index contributed by atoms with van der Waals surface area (Å²) in [4.78, 5) is 61.7. The van der Waals surface area contributed by atoms with Crippen LogP contribution in [0.4, 0.5) is 5.69 Å². The summed E-state index contributed by atoms with van der Waals surface area (Å²) < 4.78 is 21.6. The maximum Gasteiger partial charge on any atom is 0.338 e. The van der Waals surface area contributed by atoms with Crippen molar-refractivity contribution in [1.29, 1.82) is 0 Å². The number of nitrogens with one attached hydrogen (secondary N) is 1. The molecule has 10 nitrogen and oxygen atoms in total. The minimum Gasteiger partial charge on any atom is -0.419 e. The molecule has 0 atom stereocenters. The molecule has 0 unspecified atom stereocenters. The van der Waals surface area contributed by atoms with E-state index in [1.54, 1.807) is 30.3 Å². The minimum absolute atomic E-state index is 0.0163. The number of amides is 1. The van der Waals surface area contributed by atoms with E-state index in [4.69, 9.17) is 18.9 Å². The Bertz CT molecular complexity index is 1880. The molecule has 3 aromatic carbocycles. The van der Waals surface area contributed by atoms with E-state index >= 15 is 0 Å². The molecule has 0 aliphatic heterocycles. The fourth-order valence-corrected chi connectivity index (χ4v) is 3.70. The molecule has 10 heteroatoms. The summed E-state index contributed by atoms with van der Waals surface area (Å²) in [7, 11) is 0. The normalized spacial score (nSPS) is 10.1. The molecular formula is C37H33NO9. The van der Waals surface area contributed by atoms with E-state index in [1.807, 2.05) is 0 Å². The summed E-state index contributed by atoms with van der Waals surface area (Å²) in [5.41, 5.74) is 2.92. The van der Waals surface area contributed by atoms with Crippen LogP contribution in [0.2, 0.25) is 0 Å². The lowest BCUT2D eigenvalue weighted by Crippen LogP contribution is -2.13. The monoisotopic (exact) mass is 635 g/mol. The molecule has 47 heavy (non-hydrogen) atoms. The van der Waals surface area contributed by atoms with E-state index < -0.39 is 29.8 Å². The van der Waals surface area contributed by atoms with Crippen LogP contribution in [0.1, 0.15) is 27.7 Å². The summed E-state index contributed by atoms with van der Waals surface area (Å²) in [6, 6.07) is 14.2. The van der Waals surface area contributed by atoms with Crippen molar-refractivity contribution < 1.29 is 42.9 Å². The average Bonchev–Trinajstić information content (AvgIpc) is 3.02. The fourth-order valence-electron chi connectivity index (χ4n) is 3.70. The predicted molar refractivity (Wildman–Crippen MR) is 178 cm³/mol. The van der Waals surface area contributed by atoms with Gasteiger partial charge < -0.3 is 24.3 Å². The Morgan fingerprint density at radius 3 is 1.32 bits per heavy atom. The number of rotatable bonds is 12.